The van der Waals surface area contributed by atoms with E-state index in [2.05, 4.69) is 19.2 Å². The molecule has 94 valence electrons. The Morgan fingerprint density at radius 3 is 2.62 bits per heavy atom. The maximum atomic E-state index is 11.5. The number of amides is 1. The van der Waals surface area contributed by atoms with E-state index in [0.717, 1.165) is 12.8 Å². The molecule has 0 unspecified atom stereocenters. The number of rotatable bonds is 5. The molecular formula is C12H24N2O2. The second-order valence-electron chi connectivity index (χ2n) is 5.35. The predicted octanol–water partition coefficient (Wildman–Crippen LogP) is 1.05. The molecule has 0 aromatic carbocycles. The second-order valence-corrected chi connectivity index (χ2v) is 5.35. The molecule has 0 bridgehead atoms. The number of carbonyl (C=O) groups is 1. The quantitative estimate of drug-likeness (QED) is 0.691. The highest BCUT2D eigenvalue weighted by atomic mass is 16.5. The summed E-state index contributed by atoms with van der Waals surface area (Å²) in [6.45, 7) is 5.62. The molecule has 1 aliphatic rings. The largest absolute Gasteiger partial charge is 0.370 e. The molecule has 0 atom stereocenters. The van der Waals surface area contributed by atoms with Crippen molar-refractivity contribution in [3.8, 4) is 0 Å². The standard InChI is InChI=1S/C12H24N2O2/c1-12(2)5-3-10(4-6-12)14-11(15)9-16-8-7-13/h10H,3-9,13H2,1-2H3,(H,14,15). The van der Waals surface area contributed by atoms with E-state index in [9.17, 15) is 4.79 Å². The molecule has 1 rings (SSSR count). The molecule has 0 heterocycles. The van der Waals surface area contributed by atoms with Gasteiger partial charge in [0.05, 0.1) is 6.61 Å². The normalized spacial score (nSPS) is 20.7. The van der Waals surface area contributed by atoms with E-state index in [1.165, 1.54) is 12.8 Å². The smallest absolute Gasteiger partial charge is 0.246 e. The highest BCUT2D eigenvalue weighted by Gasteiger charge is 2.27. The number of hydrogen-bond acceptors (Lipinski definition) is 3. The Kier molecular flexibility index (Phi) is 5.22. The van der Waals surface area contributed by atoms with Crippen LogP contribution in [0.4, 0.5) is 0 Å². The zero-order chi connectivity index (χ0) is 12.0. The van der Waals surface area contributed by atoms with Gasteiger partial charge in [-0.2, -0.15) is 0 Å². The van der Waals surface area contributed by atoms with Crippen molar-refractivity contribution < 1.29 is 9.53 Å². The Morgan fingerprint density at radius 2 is 2.06 bits per heavy atom. The van der Waals surface area contributed by atoms with Gasteiger partial charge in [0.15, 0.2) is 0 Å². The lowest BCUT2D eigenvalue weighted by Gasteiger charge is -2.34. The van der Waals surface area contributed by atoms with Crippen LogP contribution in [-0.2, 0) is 9.53 Å². The van der Waals surface area contributed by atoms with Gasteiger partial charge in [0.2, 0.25) is 5.91 Å². The molecule has 0 spiro atoms. The average Bonchev–Trinajstić information content (AvgIpc) is 2.22. The number of ether oxygens (including phenoxy) is 1. The van der Waals surface area contributed by atoms with E-state index in [4.69, 9.17) is 10.5 Å². The first-order chi connectivity index (χ1) is 7.53. The number of nitrogens with two attached hydrogens (primary N) is 1. The van der Waals surface area contributed by atoms with Gasteiger partial charge in [-0.15, -0.1) is 0 Å². The fourth-order valence-electron chi connectivity index (χ4n) is 2.06. The van der Waals surface area contributed by atoms with Gasteiger partial charge >= 0.3 is 0 Å². The minimum absolute atomic E-state index is 0.0156. The third kappa shape index (κ3) is 4.94. The van der Waals surface area contributed by atoms with E-state index in [1.54, 1.807) is 0 Å². The van der Waals surface area contributed by atoms with E-state index in [-0.39, 0.29) is 12.5 Å². The highest BCUT2D eigenvalue weighted by molar-refractivity contribution is 5.77. The SMILES string of the molecule is CC1(C)CCC(NC(=O)COCCN)CC1. The molecule has 0 radical (unpaired) electrons. The minimum Gasteiger partial charge on any atom is -0.370 e. The van der Waals surface area contributed by atoms with Gasteiger partial charge in [-0.1, -0.05) is 13.8 Å². The van der Waals surface area contributed by atoms with Crippen LogP contribution in [0.1, 0.15) is 39.5 Å². The summed E-state index contributed by atoms with van der Waals surface area (Å²) < 4.78 is 5.09. The Hall–Kier alpha value is -0.610. The molecule has 0 aliphatic heterocycles. The van der Waals surface area contributed by atoms with E-state index in [0.29, 0.717) is 24.6 Å². The molecule has 4 heteroatoms. The van der Waals surface area contributed by atoms with Gasteiger partial charge in [-0.3, -0.25) is 4.79 Å². The van der Waals surface area contributed by atoms with E-state index < -0.39 is 0 Å². The summed E-state index contributed by atoms with van der Waals surface area (Å²) in [6, 6.07) is 0.335. The lowest BCUT2D eigenvalue weighted by molar-refractivity contribution is -0.126. The first-order valence-corrected chi connectivity index (χ1v) is 6.11. The Balaban J connectivity index is 2.16. The number of hydrogen-bond donors (Lipinski definition) is 2. The van der Waals surface area contributed by atoms with Crippen LogP contribution in [0.5, 0.6) is 0 Å². The third-order valence-electron chi connectivity index (χ3n) is 3.20. The van der Waals surface area contributed by atoms with Crippen LogP contribution in [-0.4, -0.2) is 31.7 Å². The second kappa shape index (κ2) is 6.21. The average molecular weight is 228 g/mol. The van der Waals surface area contributed by atoms with Crippen LogP contribution in [0.15, 0.2) is 0 Å². The van der Waals surface area contributed by atoms with Crippen LogP contribution < -0.4 is 11.1 Å². The summed E-state index contributed by atoms with van der Waals surface area (Å²) in [4.78, 5) is 11.5. The minimum atomic E-state index is -0.0156. The van der Waals surface area contributed by atoms with Crippen LogP contribution in [0.3, 0.4) is 0 Å². The molecule has 0 aromatic rings. The molecule has 16 heavy (non-hydrogen) atoms. The molecule has 0 aromatic heterocycles. The van der Waals surface area contributed by atoms with Crippen LogP contribution in [0, 0.1) is 5.41 Å². The first-order valence-electron chi connectivity index (χ1n) is 6.11. The summed E-state index contributed by atoms with van der Waals surface area (Å²) in [7, 11) is 0. The van der Waals surface area contributed by atoms with Crippen molar-refractivity contribution in [2.24, 2.45) is 11.1 Å². The fraction of sp³-hybridized carbons (Fsp3) is 0.917. The first kappa shape index (κ1) is 13.5. The highest BCUT2D eigenvalue weighted by Crippen LogP contribution is 2.34. The van der Waals surface area contributed by atoms with Crippen LogP contribution >= 0.6 is 0 Å². The maximum absolute atomic E-state index is 11.5. The number of carbonyl (C=O) groups excluding carboxylic acids is 1. The molecule has 1 aliphatic carbocycles. The zero-order valence-electron chi connectivity index (χ0n) is 10.4. The van der Waals surface area contributed by atoms with Gasteiger partial charge in [-0.05, 0) is 31.1 Å². The van der Waals surface area contributed by atoms with Gasteiger partial charge in [0.25, 0.3) is 0 Å². The van der Waals surface area contributed by atoms with Crippen molar-refractivity contribution in [3.63, 3.8) is 0 Å². The molecule has 0 saturated heterocycles. The molecule has 1 amide bonds. The number of nitrogens with one attached hydrogen (secondary N) is 1. The van der Waals surface area contributed by atoms with E-state index >= 15 is 0 Å². The summed E-state index contributed by atoms with van der Waals surface area (Å²) in [5.41, 5.74) is 5.71. The maximum Gasteiger partial charge on any atom is 0.246 e. The molecular weight excluding hydrogens is 204 g/mol. The summed E-state index contributed by atoms with van der Waals surface area (Å²) >= 11 is 0. The zero-order valence-corrected chi connectivity index (χ0v) is 10.4. The molecule has 1 fully saturated rings. The van der Waals surface area contributed by atoms with Crippen molar-refractivity contribution in [1.29, 1.82) is 0 Å². The molecule has 1 saturated carbocycles. The van der Waals surface area contributed by atoms with Crippen molar-refractivity contribution in [3.05, 3.63) is 0 Å². The summed E-state index contributed by atoms with van der Waals surface area (Å²) in [5.74, 6) is -0.0156. The van der Waals surface area contributed by atoms with Crippen LogP contribution in [0.25, 0.3) is 0 Å². The van der Waals surface area contributed by atoms with Gasteiger partial charge in [0.1, 0.15) is 6.61 Å². The fourth-order valence-corrected chi connectivity index (χ4v) is 2.06. The summed E-state index contributed by atoms with van der Waals surface area (Å²) in [6.07, 6.45) is 4.52. The van der Waals surface area contributed by atoms with Crippen molar-refractivity contribution in [2.75, 3.05) is 19.8 Å². The van der Waals surface area contributed by atoms with E-state index in [1.807, 2.05) is 0 Å². The van der Waals surface area contributed by atoms with Crippen molar-refractivity contribution >= 4 is 5.91 Å². The van der Waals surface area contributed by atoms with Crippen molar-refractivity contribution in [1.82, 2.24) is 5.32 Å². The van der Waals surface area contributed by atoms with Gasteiger partial charge in [-0.25, -0.2) is 0 Å². The van der Waals surface area contributed by atoms with Crippen LogP contribution in [0.2, 0.25) is 0 Å². The Morgan fingerprint density at radius 1 is 1.44 bits per heavy atom. The van der Waals surface area contributed by atoms with Gasteiger partial charge in [0, 0.05) is 12.6 Å². The molecule has 4 nitrogen and oxygen atoms in total. The third-order valence-corrected chi connectivity index (χ3v) is 3.20. The van der Waals surface area contributed by atoms with Crippen molar-refractivity contribution in [2.45, 2.75) is 45.6 Å². The summed E-state index contributed by atoms with van der Waals surface area (Å²) in [5, 5.41) is 3.01. The topological polar surface area (TPSA) is 64.3 Å². The lowest BCUT2D eigenvalue weighted by Crippen LogP contribution is -2.41. The Bertz CT molecular complexity index is 219. The Labute approximate surface area is 97.9 Å². The monoisotopic (exact) mass is 228 g/mol. The predicted molar refractivity (Wildman–Crippen MR) is 64.1 cm³/mol. The lowest BCUT2D eigenvalue weighted by atomic mass is 9.75. The molecule has 3 N–H and O–H groups in total. The van der Waals surface area contributed by atoms with Gasteiger partial charge < -0.3 is 15.8 Å².